The normalized spacial score (nSPS) is 9.62. The molecule has 4 nitrogen and oxygen atoms in total. The van der Waals surface area contributed by atoms with Crippen LogP contribution in [-0.4, -0.2) is 24.3 Å². The summed E-state index contributed by atoms with van der Waals surface area (Å²) in [4.78, 5) is 10.3. The van der Waals surface area contributed by atoms with Gasteiger partial charge in [0.05, 0.1) is 12.6 Å². The monoisotopic (exact) mass is 181 g/mol. The predicted octanol–water partition coefficient (Wildman–Crippen LogP) is -0.579. The third kappa shape index (κ3) is 2.76. The van der Waals surface area contributed by atoms with E-state index in [1.165, 1.54) is 24.3 Å². The van der Waals surface area contributed by atoms with E-state index in [9.17, 15) is 9.90 Å². The third-order valence-electron chi connectivity index (χ3n) is 1.45. The van der Waals surface area contributed by atoms with Gasteiger partial charge in [-0.25, -0.2) is 0 Å². The van der Waals surface area contributed by atoms with Gasteiger partial charge < -0.3 is 19.7 Å². The largest absolute Gasteiger partial charge is 0.545 e. The summed E-state index contributed by atoms with van der Waals surface area (Å²) in [6.45, 7) is 0.132. The topological polar surface area (TPSA) is 69.6 Å². The van der Waals surface area contributed by atoms with E-state index in [0.717, 1.165) is 0 Å². The van der Waals surface area contributed by atoms with Crippen LogP contribution in [0.25, 0.3) is 0 Å². The molecule has 0 aromatic heterocycles. The molecule has 1 N–H and O–H groups in total. The van der Waals surface area contributed by atoms with E-state index in [-0.39, 0.29) is 18.8 Å². The quantitative estimate of drug-likeness (QED) is 0.674. The molecule has 0 saturated heterocycles. The molecule has 0 aliphatic heterocycles. The molecule has 0 aliphatic carbocycles. The summed E-state index contributed by atoms with van der Waals surface area (Å²) >= 11 is 0. The molecule has 0 unspecified atom stereocenters. The lowest BCUT2D eigenvalue weighted by Crippen LogP contribution is -2.21. The average Bonchev–Trinajstić information content (AvgIpc) is 2.15. The first-order valence-corrected chi connectivity index (χ1v) is 3.79. The number of benzene rings is 1. The van der Waals surface area contributed by atoms with E-state index in [0.29, 0.717) is 5.75 Å². The van der Waals surface area contributed by atoms with Crippen LogP contribution in [0, 0.1) is 0 Å². The van der Waals surface area contributed by atoms with Crippen molar-refractivity contribution in [3.8, 4) is 5.75 Å². The van der Waals surface area contributed by atoms with E-state index < -0.39 is 5.97 Å². The highest BCUT2D eigenvalue weighted by molar-refractivity contribution is 5.85. The lowest BCUT2D eigenvalue weighted by Gasteiger charge is -2.05. The first kappa shape index (κ1) is 9.54. The molecule has 0 bridgehead atoms. The molecule has 0 aliphatic rings. The highest BCUT2D eigenvalue weighted by Gasteiger charge is 1.94. The summed E-state index contributed by atoms with van der Waals surface area (Å²) in [5, 5.41) is 18.8. The number of rotatable bonds is 4. The fourth-order valence-corrected chi connectivity index (χ4v) is 0.851. The molecule has 0 fully saturated rings. The van der Waals surface area contributed by atoms with E-state index in [2.05, 4.69) is 0 Å². The van der Waals surface area contributed by atoms with Crippen LogP contribution in [0.5, 0.6) is 5.75 Å². The van der Waals surface area contributed by atoms with Gasteiger partial charge in [-0.05, 0) is 29.8 Å². The van der Waals surface area contributed by atoms with E-state index >= 15 is 0 Å². The number of carbonyl (C=O) groups is 1. The van der Waals surface area contributed by atoms with Crippen LogP contribution in [0.2, 0.25) is 0 Å². The summed E-state index contributed by atoms with van der Waals surface area (Å²) < 4.78 is 5.03. The second-order valence-electron chi connectivity index (χ2n) is 2.38. The minimum absolute atomic E-state index is 0.0672. The Morgan fingerprint density at radius 1 is 1.38 bits per heavy atom. The van der Waals surface area contributed by atoms with Crippen LogP contribution in [0.15, 0.2) is 24.3 Å². The summed E-state index contributed by atoms with van der Waals surface area (Å²) in [5.74, 6) is -0.687. The van der Waals surface area contributed by atoms with Gasteiger partial charge in [-0.2, -0.15) is 0 Å². The van der Waals surface area contributed by atoms with Crippen molar-refractivity contribution in [2.75, 3.05) is 13.2 Å². The molecule has 0 atom stereocenters. The maximum atomic E-state index is 10.3. The number of hydrogen-bond donors (Lipinski definition) is 1. The zero-order chi connectivity index (χ0) is 9.68. The SMILES string of the molecule is O=C([O-])c1ccc(OCCO)cc1. The number of aromatic carboxylic acids is 1. The van der Waals surface area contributed by atoms with Gasteiger partial charge in [-0.1, -0.05) is 0 Å². The number of carboxylic acid groups (broad SMARTS) is 1. The number of ether oxygens (including phenoxy) is 1. The minimum atomic E-state index is -1.21. The molecule has 0 amide bonds. The Morgan fingerprint density at radius 3 is 2.46 bits per heavy atom. The lowest BCUT2D eigenvalue weighted by atomic mass is 10.2. The van der Waals surface area contributed by atoms with Crippen LogP contribution in [0.3, 0.4) is 0 Å². The average molecular weight is 181 g/mol. The Kier molecular flexibility index (Phi) is 3.28. The Balaban J connectivity index is 2.64. The second-order valence-corrected chi connectivity index (χ2v) is 2.38. The van der Waals surface area contributed by atoms with Gasteiger partial charge >= 0.3 is 0 Å². The molecule has 0 spiro atoms. The second kappa shape index (κ2) is 4.47. The summed E-state index contributed by atoms with van der Waals surface area (Å²) in [7, 11) is 0. The fourth-order valence-electron chi connectivity index (χ4n) is 0.851. The molecule has 4 heteroatoms. The van der Waals surface area contributed by atoms with Crippen molar-refractivity contribution >= 4 is 5.97 Å². The van der Waals surface area contributed by atoms with Crippen molar-refractivity contribution in [1.29, 1.82) is 0 Å². The van der Waals surface area contributed by atoms with Crippen molar-refractivity contribution in [3.63, 3.8) is 0 Å². The molecule has 1 aromatic carbocycles. The smallest absolute Gasteiger partial charge is 0.119 e. The van der Waals surface area contributed by atoms with Gasteiger partial charge in [0, 0.05) is 0 Å². The third-order valence-corrected chi connectivity index (χ3v) is 1.45. The lowest BCUT2D eigenvalue weighted by molar-refractivity contribution is -0.255. The highest BCUT2D eigenvalue weighted by atomic mass is 16.5. The maximum absolute atomic E-state index is 10.3. The predicted molar refractivity (Wildman–Crippen MR) is 43.4 cm³/mol. The number of carboxylic acids is 1. The van der Waals surface area contributed by atoms with Crippen LogP contribution in [-0.2, 0) is 0 Å². The van der Waals surface area contributed by atoms with E-state index in [1.807, 2.05) is 0 Å². The Morgan fingerprint density at radius 2 is 2.00 bits per heavy atom. The molecule has 13 heavy (non-hydrogen) atoms. The van der Waals surface area contributed by atoms with Gasteiger partial charge in [-0.3, -0.25) is 0 Å². The van der Waals surface area contributed by atoms with Gasteiger partial charge in [0.1, 0.15) is 12.4 Å². The van der Waals surface area contributed by atoms with Crippen molar-refractivity contribution < 1.29 is 19.7 Å². The minimum Gasteiger partial charge on any atom is -0.545 e. The van der Waals surface area contributed by atoms with Crippen molar-refractivity contribution in [3.05, 3.63) is 29.8 Å². The van der Waals surface area contributed by atoms with Gasteiger partial charge in [-0.15, -0.1) is 0 Å². The van der Waals surface area contributed by atoms with E-state index in [4.69, 9.17) is 9.84 Å². The van der Waals surface area contributed by atoms with Crippen molar-refractivity contribution in [2.45, 2.75) is 0 Å². The number of carbonyl (C=O) groups excluding carboxylic acids is 1. The van der Waals surface area contributed by atoms with Crippen molar-refractivity contribution in [1.82, 2.24) is 0 Å². The highest BCUT2D eigenvalue weighted by Crippen LogP contribution is 2.11. The molecule has 1 aromatic rings. The van der Waals surface area contributed by atoms with Crippen LogP contribution in [0.4, 0.5) is 0 Å². The van der Waals surface area contributed by atoms with Gasteiger partial charge in [0.25, 0.3) is 0 Å². The molecular formula is C9H9O4-. The maximum Gasteiger partial charge on any atom is 0.119 e. The Labute approximate surface area is 75.4 Å². The molecule has 70 valence electrons. The first-order valence-electron chi connectivity index (χ1n) is 3.79. The Bertz CT molecular complexity index is 278. The molecule has 0 heterocycles. The Hall–Kier alpha value is -1.55. The zero-order valence-electron chi connectivity index (χ0n) is 6.90. The zero-order valence-corrected chi connectivity index (χ0v) is 6.90. The van der Waals surface area contributed by atoms with Crippen LogP contribution < -0.4 is 9.84 Å². The molecule has 0 radical (unpaired) electrons. The summed E-state index contributed by atoms with van der Waals surface area (Å²) in [6.07, 6.45) is 0. The number of hydrogen-bond acceptors (Lipinski definition) is 4. The molecule has 0 saturated carbocycles. The van der Waals surface area contributed by atoms with Gasteiger partial charge in [0.15, 0.2) is 0 Å². The van der Waals surface area contributed by atoms with Crippen molar-refractivity contribution in [2.24, 2.45) is 0 Å². The summed E-state index contributed by atoms with van der Waals surface area (Å²) in [6, 6.07) is 5.81. The molecular weight excluding hydrogens is 172 g/mol. The molecule has 1 rings (SSSR count). The van der Waals surface area contributed by atoms with Crippen LogP contribution >= 0.6 is 0 Å². The number of aliphatic hydroxyl groups excluding tert-OH is 1. The van der Waals surface area contributed by atoms with Gasteiger partial charge in [0.2, 0.25) is 0 Å². The van der Waals surface area contributed by atoms with E-state index in [1.54, 1.807) is 0 Å². The summed E-state index contributed by atoms with van der Waals surface area (Å²) in [5.41, 5.74) is 0.108. The number of aliphatic hydroxyl groups is 1. The fraction of sp³-hybridized carbons (Fsp3) is 0.222. The van der Waals surface area contributed by atoms with Crippen LogP contribution in [0.1, 0.15) is 10.4 Å². The first-order chi connectivity index (χ1) is 6.24. The standard InChI is InChI=1S/C9H10O4/c10-5-6-13-8-3-1-7(2-4-8)9(11)12/h1-4,10H,5-6H2,(H,11,12)/p-1.